The number of rotatable bonds is 3. The summed E-state index contributed by atoms with van der Waals surface area (Å²) in [5, 5.41) is 0. The normalized spacial score (nSPS) is 19.1. The van der Waals surface area contributed by atoms with Gasteiger partial charge in [-0.05, 0) is 54.9 Å². The fraction of sp³-hybridized carbons (Fsp3) is 0.333. The van der Waals surface area contributed by atoms with Crippen molar-refractivity contribution in [3.63, 3.8) is 0 Å². The summed E-state index contributed by atoms with van der Waals surface area (Å²) >= 11 is 0. The highest BCUT2D eigenvalue weighted by Crippen LogP contribution is 2.34. The van der Waals surface area contributed by atoms with Crippen molar-refractivity contribution in [3.05, 3.63) is 70.8 Å². The van der Waals surface area contributed by atoms with Crippen LogP contribution in [0.2, 0.25) is 0 Å². The summed E-state index contributed by atoms with van der Waals surface area (Å²) < 4.78 is 27.6. The van der Waals surface area contributed by atoms with Gasteiger partial charge in [0, 0.05) is 11.6 Å². The van der Waals surface area contributed by atoms with Crippen molar-refractivity contribution in [1.29, 1.82) is 0 Å². The van der Waals surface area contributed by atoms with Gasteiger partial charge < -0.3 is 5.73 Å². The van der Waals surface area contributed by atoms with E-state index in [1.165, 1.54) is 29.3 Å². The Bertz CT molecular complexity index is 619. The van der Waals surface area contributed by atoms with Crippen molar-refractivity contribution in [3.8, 4) is 0 Å². The van der Waals surface area contributed by atoms with Crippen molar-refractivity contribution in [2.24, 2.45) is 5.73 Å². The predicted octanol–water partition coefficient (Wildman–Crippen LogP) is 3.95. The third-order valence-electron chi connectivity index (χ3n) is 4.43. The highest BCUT2D eigenvalue weighted by Gasteiger charge is 2.26. The summed E-state index contributed by atoms with van der Waals surface area (Å²) in [6.07, 6.45) is 3.36. The maximum Gasteiger partial charge on any atom is 0.129 e. The van der Waals surface area contributed by atoms with E-state index in [2.05, 4.69) is 12.1 Å². The quantitative estimate of drug-likeness (QED) is 0.908. The smallest absolute Gasteiger partial charge is 0.129 e. The Hall–Kier alpha value is -1.74. The summed E-state index contributed by atoms with van der Waals surface area (Å²) in [5.74, 6) is -0.835. The van der Waals surface area contributed by atoms with Crippen molar-refractivity contribution in [2.45, 2.75) is 37.6 Å². The molecule has 0 radical (unpaired) electrons. The van der Waals surface area contributed by atoms with E-state index >= 15 is 0 Å². The lowest BCUT2D eigenvalue weighted by Crippen LogP contribution is -2.33. The lowest BCUT2D eigenvalue weighted by atomic mass is 9.77. The van der Waals surface area contributed by atoms with Gasteiger partial charge in [-0.2, -0.15) is 0 Å². The molecule has 0 aliphatic heterocycles. The van der Waals surface area contributed by atoms with Gasteiger partial charge in [0.05, 0.1) is 0 Å². The molecule has 0 heterocycles. The Morgan fingerprint density at radius 1 is 1.05 bits per heavy atom. The van der Waals surface area contributed by atoms with Gasteiger partial charge >= 0.3 is 0 Å². The van der Waals surface area contributed by atoms with Crippen LogP contribution in [0, 0.1) is 11.6 Å². The molecule has 3 heteroatoms. The third-order valence-corrected chi connectivity index (χ3v) is 4.43. The van der Waals surface area contributed by atoms with E-state index in [4.69, 9.17) is 5.73 Å². The van der Waals surface area contributed by atoms with E-state index in [0.717, 1.165) is 19.3 Å². The Morgan fingerprint density at radius 3 is 2.52 bits per heavy atom. The first-order chi connectivity index (χ1) is 10.2. The SMILES string of the molecule is NC(Cc1c(F)cccc1F)C1CCCc2ccccc21. The predicted molar refractivity (Wildman–Crippen MR) is 80.2 cm³/mol. The standard InChI is InChI=1S/C18H19F2N/c19-16-9-4-10-17(20)15(16)11-18(21)14-8-3-6-12-5-1-2-7-13(12)14/h1-2,4-5,7,9-10,14,18H,3,6,8,11,21H2. The van der Waals surface area contributed by atoms with E-state index < -0.39 is 11.6 Å². The number of halogens is 2. The van der Waals surface area contributed by atoms with E-state index in [0.29, 0.717) is 0 Å². The third kappa shape index (κ3) is 2.84. The number of benzene rings is 2. The highest BCUT2D eigenvalue weighted by molar-refractivity contribution is 5.34. The lowest BCUT2D eigenvalue weighted by molar-refractivity contribution is 0.445. The molecule has 2 aromatic rings. The molecular weight excluding hydrogens is 268 g/mol. The molecule has 0 spiro atoms. The summed E-state index contributed by atoms with van der Waals surface area (Å²) in [6.45, 7) is 0. The van der Waals surface area contributed by atoms with Gasteiger partial charge in [0.2, 0.25) is 0 Å². The van der Waals surface area contributed by atoms with E-state index in [-0.39, 0.29) is 23.9 Å². The summed E-state index contributed by atoms with van der Waals surface area (Å²) in [5.41, 5.74) is 8.97. The van der Waals surface area contributed by atoms with E-state index in [1.807, 2.05) is 12.1 Å². The second-order valence-corrected chi connectivity index (χ2v) is 5.77. The first-order valence-corrected chi connectivity index (χ1v) is 7.43. The zero-order valence-electron chi connectivity index (χ0n) is 11.9. The average Bonchev–Trinajstić information content (AvgIpc) is 2.50. The van der Waals surface area contributed by atoms with Crippen LogP contribution in [-0.4, -0.2) is 6.04 Å². The summed E-state index contributed by atoms with van der Waals surface area (Å²) in [7, 11) is 0. The fourth-order valence-electron chi connectivity index (χ4n) is 3.34. The van der Waals surface area contributed by atoms with Gasteiger partial charge in [0.1, 0.15) is 11.6 Å². The van der Waals surface area contributed by atoms with Crippen molar-refractivity contribution >= 4 is 0 Å². The molecule has 2 atom stereocenters. The Kier molecular flexibility index (Phi) is 4.02. The van der Waals surface area contributed by atoms with E-state index in [1.54, 1.807) is 0 Å². The van der Waals surface area contributed by atoms with Gasteiger partial charge in [0.25, 0.3) is 0 Å². The monoisotopic (exact) mass is 287 g/mol. The van der Waals surface area contributed by atoms with Crippen LogP contribution in [0.1, 0.15) is 35.4 Å². The maximum atomic E-state index is 13.8. The van der Waals surface area contributed by atoms with Gasteiger partial charge in [-0.3, -0.25) is 0 Å². The van der Waals surface area contributed by atoms with Crippen LogP contribution >= 0.6 is 0 Å². The highest BCUT2D eigenvalue weighted by atomic mass is 19.1. The number of hydrogen-bond acceptors (Lipinski definition) is 1. The molecule has 110 valence electrons. The number of fused-ring (bicyclic) bond motifs is 1. The second kappa shape index (κ2) is 5.94. The molecule has 1 aliphatic rings. The minimum atomic E-state index is -0.505. The molecular formula is C18H19F2N. The first kappa shape index (κ1) is 14.2. The molecule has 1 aliphatic carbocycles. The van der Waals surface area contributed by atoms with Crippen molar-refractivity contribution in [2.75, 3.05) is 0 Å². The number of nitrogens with two attached hydrogens (primary N) is 1. The van der Waals surface area contributed by atoms with Crippen LogP contribution < -0.4 is 5.73 Å². The van der Waals surface area contributed by atoms with Gasteiger partial charge in [0.15, 0.2) is 0 Å². The molecule has 0 aromatic heterocycles. The molecule has 0 saturated carbocycles. The van der Waals surface area contributed by atoms with Crippen LogP contribution in [0.25, 0.3) is 0 Å². The molecule has 0 fully saturated rings. The Balaban J connectivity index is 1.85. The van der Waals surface area contributed by atoms with Crippen molar-refractivity contribution in [1.82, 2.24) is 0 Å². The van der Waals surface area contributed by atoms with Gasteiger partial charge in [-0.15, -0.1) is 0 Å². The zero-order chi connectivity index (χ0) is 14.8. The van der Waals surface area contributed by atoms with Gasteiger partial charge in [-0.25, -0.2) is 8.78 Å². The molecule has 2 aromatic carbocycles. The molecule has 2 unspecified atom stereocenters. The minimum Gasteiger partial charge on any atom is -0.327 e. The van der Waals surface area contributed by atoms with Crippen LogP contribution in [0.4, 0.5) is 8.78 Å². The van der Waals surface area contributed by atoms with Crippen LogP contribution in [0.5, 0.6) is 0 Å². The van der Waals surface area contributed by atoms with Crippen LogP contribution in [-0.2, 0) is 12.8 Å². The van der Waals surface area contributed by atoms with Crippen LogP contribution in [0.3, 0.4) is 0 Å². The van der Waals surface area contributed by atoms with E-state index in [9.17, 15) is 8.78 Å². The zero-order valence-corrected chi connectivity index (χ0v) is 11.9. The minimum absolute atomic E-state index is 0.105. The fourth-order valence-corrected chi connectivity index (χ4v) is 3.34. The molecule has 0 amide bonds. The number of hydrogen-bond donors (Lipinski definition) is 1. The summed E-state index contributed by atoms with van der Waals surface area (Å²) in [4.78, 5) is 0. The van der Waals surface area contributed by atoms with Crippen molar-refractivity contribution < 1.29 is 8.78 Å². The summed E-state index contributed by atoms with van der Waals surface area (Å²) in [6, 6.07) is 12.0. The Morgan fingerprint density at radius 2 is 1.76 bits per heavy atom. The Labute approximate surface area is 123 Å². The molecule has 0 bridgehead atoms. The second-order valence-electron chi connectivity index (χ2n) is 5.77. The molecule has 2 N–H and O–H groups in total. The lowest BCUT2D eigenvalue weighted by Gasteiger charge is -2.30. The largest absolute Gasteiger partial charge is 0.327 e. The topological polar surface area (TPSA) is 26.0 Å². The molecule has 3 rings (SSSR count). The average molecular weight is 287 g/mol. The molecule has 0 saturated heterocycles. The maximum absolute atomic E-state index is 13.8. The molecule has 21 heavy (non-hydrogen) atoms. The first-order valence-electron chi connectivity index (χ1n) is 7.43. The van der Waals surface area contributed by atoms with Gasteiger partial charge in [-0.1, -0.05) is 30.3 Å². The molecule has 1 nitrogen and oxygen atoms in total. The van der Waals surface area contributed by atoms with Crippen LogP contribution in [0.15, 0.2) is 42.5 Å². The number of aryl methyl sites for hydroxylation is 1.